The molecule has 27 heavy (non-hydrogen) atoms. The summed E-state index contributed by atoms with van der Waals surface area (Å²) in [5, 5.41) is 0. The predicted octanol–water partition coefficient (Wildman–Crippen LogP) is 2.38. The van der Waals surface area contributed by atoms with E-state index in [4.69, 9.17) is 9.72 Å². The highest BCUT2D eigenvalue weighted by molar-refractivity contribution is 5.81. The van der Waals surface area contributed by atoms with Crippen molar-refractivity contribution in [1.82, 2.24) is 19.8 Å². The second-order valence-corrected chi connectivity index (χ2v) is 8.95. The number of ether oxygens (including phenoxy) is 1. The molecule has 1 atom stereocenters. The van der Waals surface area contributed by atoms with Crippen LogP contribution in [0.5, 0.6) is 0 Å². The third kappa shape index (κ3) is 3.66. The number of aromatic amines is 1. The maximum atomic E-state index is 12.4. The van der Waals surface area contributed by atoms with Crippen LogP contribution in [0.1, 0.15) is 56.0 Å². The normalized spacial score (nSPS) is 28.3. The molecule has 148 valence electrons. The molecule has 0 radical (unpaired) electrons. The first-order chi connectivity index (χ1) is 13.3. The van der Waals surface area contributed by atoms with Gasteiger partial charge in [-0.3, -0.25) is 9.69 Å². The zero-order chi connectivity index (χ0) is 18.2. The Bertz CT molecular complexity index is 657. The van der Waals surface area contributed by atoms with Crippen molar-refractivity contribution in [1.29, 1.82) is 0 Å². The van der Waals surface area contributed by atoms with Gasteiger partial charge in [0.15, 0.2) is 0 Å². The quantitative estimate of drug-likeness (QED) is 0.882. The summed E-state index contributed by atoms with van der Waals surface area (Å²) in [4.78, 5) is 25.4. The first-order valence-corrected chi connectivity index (χ1v) is 10.9. The van der Waals surface area contributed by atoms with Gasteiger partial charge in [0, 0.05) is 57.4 Å². The fourth-order valence-corrected chi connectivity index (χ4v) is 5.37. The maximum Gasteiger partial charge on any atom is 0.225 e. The van der Waals surface area contributed by atoms with Crippen LogP contribution in [-0.4, -0.2) is 65.1 Å². The van der Waals surface area contributed by atoms with E-state index in [1.807, 2.05) is 6.33 Å². The summed E-state index contributed by atoms with van der Waals surface area (Å²) < 4.78 is 5.56. The number of imidazole rings is 1. The van der Waals surface area contributed by atoms with Gasteiger partial charge in [0.05, 0.1) is 18.1 Å². The lowest BCUT2D eigenvalue weighted by atomic mass is 9.83. The van der Waals surface area contributed by atoms with E-state index in [1.165, 1.54) is 30.8 Å². The molecular formula is C21H32N4O2. The van der Waals surface area contributed by atoms with Crippen molar-refractivity contribution in [2.24, 2.45) is 17.8 Å². The summed E-state index contributed by atoms with van der Waals surface area (Å²) in [5.41, 5.74) is 2.61. The Morgan fingerprint density at radius 2 is 1.89 bits per heavy atom. The Hall–Kier alpha value is -1.40. The molecule has 3 aliphatic heterocycles. The molecule has 6 nitrogen and oxygen atoms in total. The summed E-state index contributed by atoms with van der Waals surface area (Å²) >= 11 is 0. The number of nitrogens with one attached hydrogen (secondary N) is 1. The second-order valence-electron chi connectivity index (χ2n) is 8.95. The summed E-state index contributed by atoms with van der Waals surface area (Å²) in [6, 6.07) is 0.418. The molecule has 1 aromatic heterocycles. The largest absolute Gasteiger partial charge is 0.381 e. The number of carbonyl (C=O) groups is 1. The topological polar surface area (TPSA) is 61.5 Å². The average Bonchev–Trinajstić information content (AvgIpc) is 3.46. The first-order valence-electron chi connectivity index (χ1n) is 10.9. The van der Waals surface area contributed by atoms with Crippen molar-refractivity contribution in [2.75, 3.05) is 39.4 Å². The van der Waals surface area contributed by atoms with Crippen LogP contribution in [0, 0.1) is 17.8 Å². The van der Waals surface area contributed by atoms with Gasteiger partial charge in [0.1, 0.15) is 0 Å². The van der Waals surface area contributed by atoms with Crippen LogP contribution in [0.25, 0.3) is 0 Å². The molecule has 1 amide bonds. The van der Waals surface area contributed by atoms with Crippen molar-refractivity contribution in [3.05, 3.63) is 17.7 Å². The number of hydrogen-bond donors (Lipinski definition) is 1. The van der Waals surface area contributed by atoms with Gasteiger partial charge >= 0.3 is 0 Å². The maximum absolute atomic E-state index is 12.4. The summed E-state index contributed by atoms with van der Waals surface area (Å²) in [5.74, 6) is 2.12. The summed E-state index contributed by atoms with van der Waals surface area (Å²) in [6.07, 6.45) is 9.76. The smallest absolute Gasteiger partial charge is 0.225 e. The van der Waals surface area contributed by atoms with E-state index in [2.05, 4.69) is 14.8 Å². The molecule has 6 heteroatoms. The standard InChI is InChI=1S/C21H32N4O2/c26-21(17-1-2-17)24-8-3-16(4-9-24)20-19-18(22-14-23-19)5-10-25(20)13-15-6-11-27-12-7-15/h14-17,20H,1-13H2,(H,22,23). The van der Waals surface area contributed by atoms with E-state index < -0.39 is 0 Å². The van der Waals surface area contributed by atoms with E-state index in [9.17, 15) is 4.79 Å². The number of aromatic nitrogens is 2. The zero-order valence-corrected chi connectivity index (χ0v) is 16.2. The fourth-order valence-electron chi connectivity index (χ4n) is 5.37. The van der Waals surface area contributed by atoms with Crippen LogP contribution in [0.2, 0.25) is 0 Å². The molecule has 1 saturated carbocycles. The molecule has 4 heterocycles. The number of carbonyl (C=O) groups excluding carboxylic acids is 1. The second kappa shape index (κ2) is 7.55. The van der Waals surface area contributed by atoms with E-state index >= 15 is 0 Å². The van der Waals surface area contributed by atoms with Gasteiger partial charge in [-0.1, -0.05) is 0 Å². The minimum atomic E-state index is 0.346. The highest BCUT2D eigenvalue weighted by Gasteiger charge is 2.40. The molecule has 3 fully saturated rings. The molecule has 1 N–H and O–H groups in total. The lowest BCUT2D eigenvalue weighted by Crippen LogP contribution is -2.47. The van der Waals surface area contributed by atoms with Gasteiger partial charge in [-0.05, 0) is 50.4 Å². The van der Waals surface area contributed by atoms with E-state index in [1.54, 1.807) is 0 Å². The molecule has 2 saturated heterocycles. The lowest BCUT2D eigenvalue weighted by Gasteiger charge is -2.44. The summed E-state index contributed by atoms with van der Waals surface area (Å²) in [6.45, 7) is 5.99. The molecule has 1 unspecified atom stereocenters. The monoisotopic (exact) mass is 372 g/mol. The Kier molecular flexibility index (Phi) is 4.94. The van der Waals surface area contributed by atoms with Crippen LogP contribution in [-0.2, 0) is 16.0 Å². The van der Waals surface area contributed by atoms with Crippen molar-refractivity contribution in [3.63, 3.8) is 0 Å². The number of hydrogen-bond acceptors (Lipinski definition) is 4. The van der Waals surface area contributed by atoms with Crippen LogP contribution in [0.15, 0.2) is 6.33 Å². The molecule has 1 aromatic rings. The van der Waals surface area contributed by atoms with E-state index in [-0.39, 0.29) is 0 Å². The number of H-pyrrole nitrogens is 1. The van der Waals surface area contributed by atoms with Gasteiger partial charge in [-0.15, -0.1) is 0 Å². The van der Waals surface area contributed by atoms with Crippen molar-refractivity contribution in [2.45, 2.75) is 51.0 Å². The highest BCUT2D eigenvalue weighted by atomic mass is 16.5. The number of nitrogens with zero attached hydrogens (tertiary/aromatic N) is 3. The molecule has 0 bridgehead atoms. The third-order valence-electron chi connectivity index (χ3n) is 7.13. The predicted molar refractivity (Wildman–Crippen MR) is 102 cm³/mol. The number of rotatable bonds is 4. The van der Waals surface area contributed by atoms with Crippen LogP contribution < -0.4 is 0 Å². The van der Waals surface area contributed by atoms with E-state index in [0.717, 1.165) is 70.9 Å². The number of amides is 1. The van der Waals surface area contributed by atoms with Crippen LogP contribution in [0.3, 0.4) is 0 Å². The Labute approximate surface area is 161 Å². The molecule has 0 spiro atoms. The number of fused-ring (bicyclic) bond motifs is 1. The minimum Gasteiger partial charge on any atom is -0.381 e. The molecule has 1 aliphatic carbocycles. The highest BCUT2D eigenvalue weighted by Crippen LogP contribution is 2.40. The van der Waals surface area contributed by atoms with Gasteiger partial charge in [-0.25, -0.2) is 4.98 Å². The number of likely N-dealkylation sites (tertiary alicyclic amines) is 1. The lowest BCUT2D eigenvalue weighted by molar-refractivity contribution is -0.134. The van der Waals surface area contributed by atoms with Gasteiger partial charge in [-0.2, -0.15) is 0 Å². The Morgan fingerprint density at radius 3 is 2.63 bits per heavy atom. The van der Waals surface area contributed by atoms with Crippen molar-refractivity contribution >= 4 is 5.91 Å². The summed E-state index contributed by atoms with van der Waals surface area (Å²) in [7, 11) is 0. The van der Waals surface area contributed by atoms with Crippen LogP contribution >= 0.6 is 0 Å². The molecule has 5 rings (SSSR count). The fraction of sp³-hybridized carbons (Fsp3) is 0.810. The Balaban J connectivity index is 1.29. The average molecular weight is 373 g/mol. The van der Waals surface area contributed by atoms with Gasteiger partial charge in [0.25, 0.3) is 0 Å². The molecular weight excluding hydrogens is 340 g/mol. The van der Waals surface area contributed by atoms with Gasteiger partial charge in [0.2, 0.25) is 5.91 Å². The third-order valence-corrected chi connectivity index (χ3v) is 7.13. The van der Waals surface area contributed by atoms with E-state index in [0.29, 0.717) is 23.8 Å². The van der Waals surface area contributed by atoms with Crippen LogP contribution in [0.4, 0.5) is 0 Å². The molecule has 4 aliphatic rings. The Morgan fingerprint density at radius 1 is 1.11 bits per heavy atom. The van der Waals surface area contributed by atoms with Gasteiger partial charge < -0.3 is 14.6 Å². The minimum absolute atomic E-state index is 0.346. The van der Waals surface area contributed by atoms with Crippen molar-refractivity contribution < 1.29 is 9.53 Å². The SMILES string of the molecule is O=C(C1CC1)N1CCC(C2c3nc[nH]c3CCN2CC2CCOCC2)CC1. The zero-order valence-electron chi connectivity index (χ0n) is 16.2. The van der Waals surface area contributed by atoms with Crippen molar-refractivity contribution in [3.8, 4) is 0 Å². The number of piperidine rings is 1. The molecule has 0 aromatic carbocycles. The first kappa shape index (κ1) is 17.7.